The Hall–Kier alpha value is -3.98. The van der Waals surface area contributed by atoms with E-state index in [2.05, 4.69) is 10.3 Å². The highest BCUT2D eigenvalue weighted by molar-refractivity contribution is 8.14. The molecule has 0 atom stereocenters. The van der Waals surface area contributed by atoms with E-state index in [0.717, 1.165) is 5.56 Å². The molecule has 2 amide bonds. The van der Waals surface area contributed by atoms with Gasteiger partial charge < -0.3 is 19.2 Å². The Morgan fingerprint density at radius 1 is 1.09 bits per heavy atom. The number of hydrogen-bond donors (Lipinski definition) is 1. The highest BCUT2D eigenvalue weighted by Gasteiger charge is 2.32. The lowest BCUT2D eigenvalue weighted by molar-refractivity contribution is -0.118. The lowest BCUT2D eigenvalue weighted by atomic mass is 10.1. The van der Waals surface area contributed by atoms with Gasteiger partial charge in [-0.25, -0.2) is 4.99 Å². The van der Waals surface area contributed by atoms with Crippen molar-refractivity contribution in [1.82, 2.24) is 5.32 Å². The molecule has 8 nitrogen and oxygen atoms in total. The van der Waals surface area contributed by atoms with Gasteiger partial charge in [0.05, 0.1) is 38.5 Å². The second kappa shape index (κ2) is 10.8. The third kappa shape index (κ3) is 5.32. The van der Waals surface area contributed by atoms with E-state index in [1.807, 2.05) is 36.4 Å². The van der Waals surface area contributed by atoms with Gasteiger partial charge in [0.15, 0.2) is 16.7 Å². The van der Waals surface area contributed by atoms with Crippen molar-refractivity contribution in [3.63, 3.8) is 0 Å². The number of para-hydroxylation sites is 1. The Morgan fingerprint density at radius 3 is 2.59 bits per heavy atom. The van der Waals surface area contributed by atoms with Crippen LogP contribution in [0.4, 0.5) is 5.69 Å². The maximum absolute atomic E-state index is 13.3. The molecule has 1 N–H and O–H groups in total. The van der Waals surface area contributed by atoms with Crippen LogP contribution >= 0.6 is 11.8 Å². The second-order valence-corrected chi connectivity index (χ2v) is 8.10. The molecule has 0 radical (unpaired) electrons. The van der Waals surface area contributed by atoms with E-state index in [1.54, 1.807) is 50.8 Å². The number of aliphatic imine (C=N–C) groups is 1. The van der Waals surface area contributed by atoms with Crippen molar-refractivity contribution in [3.8, 4) is 11.5 Å². The van der Waals surface area contributed by atoms with Gasteiger partial charge in [-0.1, -0.05) is 36.0 Å². The van der Waals surface area contributed by atoms with Crippen molar-refractivity contribution in [1.29, 1.82) is 0 Å². The summed E-state index contributed by atoms with van der Waals surface area (Å²) in [7, 11) is 3.11. The zero-order valence-electron chi connectivity index (χ0n) is 18.7. The van der Waals surface area contributed by atoms with E-state index in [4.69, 9.17) is 13.9 Å². The number of methoxy groups -OCH3 is 2. The number of thioether (sulfide) groups is 1. The van der Waals surface area contributed by atoms with E-state index in [-0.39, 0.29) is 23.3 Å². The molecule has 1 aliphatic rings. The molecule has 9 heteroatoms. The van der Waals surface area contributed by atoms with Gasteiger partial charge in [-0.3, -0.25) is 14.5 Å². The molecule has 0 spiro atoms. The fourth-order valence-corrected chi connectivity index (χ4v) is 4.12. The summed E-state index contributed by atoms with van der Waals surface area (Å²) in [6.45, 7) is 0.296. The number of ether oxygens (including phenoxy) is 2. The van der Waals surface area contributed by atoms with Gasteiger partial charge in [0.1, 0.15) is 11.5 Å². The van der Waals surface area contributed by atoms with Gasteiger partial charge in [0.2, 0.25) is 5.91 Å². The largest absolute Gasteiger partial charge is 0.493 e. The predicted molar refractivity (Wildman–Crippen MR) is 132 cm³/mol. The summed E-state index contributed by atoms with van der Waals surface area (Å²) in [5.74, 6) is 1.43. The predicted octanol–water partition coefficient (Wildman–Crippen LogP) is 4.09. The van der Waals surface area contributed by atoms with Crippen LogP contribution in [0.5, 0.6) is 11.5 Å². The molecule has 0 saturated heterocycles. The highest BCUT2D eigenvalue weighted by atomic mass is 32.2. The third-order valence-corrected chi connectivity index (χ3v) is 5.87. The van der Waals surface area contributed by atoms with Gasteiger partial charge in [0.25, 0.3) is 5.91 Å². The van der Waals surface area contributed by atoms with Crippen molar-refractivity contribution < 1.29 is 23.5 Å². The molecule has 1 aromatic heterocycles. The lowest BCUT2D eigenvalue weighted by Gasteiger charge is -2.17. The van der Waals surface area contributed by atoms with Gasteiger partial charge in [-0.2, -0.15) is 0 Å². The van der Waals surface area contributed by atoms with Crippen LogP contribution in [-0.4, -0.2) is 37.0 Å². The standard InChI is InChI=1S/C25H23N3O5S/c1-31-21-11-10-17(14-22(21)32-2)13-20-24(30)28(18-7-4-3-5-8-18)25(27-20)34-16-23(29)26-15-19-9-6-12-33-19/h3-14H,15-16H2,1-2H3,(H,26,29)/b20-13-. The van der Waals surface area contributed by atoms with Crippen LogP contribution in [0.1, 0.15) is 11.3 Å². The number of amidine groups is 1. The van der Waals surface area contributed by atoms with Crippen molar-refractivity contribution in [2.75, 3.05) is 24.9 Å². The fourth-order valence-electron chi connectivity index (χ4n) is 3.28. The average molecular weight is 478 g/mol. The Labute approximate surface area is 201 Å². The summed E-state index contributed by atoms with van der Waals surface area (Å²) in [6.07, 6.45) is 3.24. The molecule has 0 unspecified atom stereocenters. The summed E-state index contributed by atoms with van der Waals surface area (Å²) < 4.78 is 15.9. The molecule has 3 aromatic rings. The number of benzene rings is 2. The third-order valence-electron chi connectivity index (χ3n) is 4.93. The minimum atomic E-state index is -0.278. The molecular formula is C25H23N3O5S. The van der Waals surface area contributed by atoms with E-state index < -0.39 is 0 Å². The number of furan rings is 1. The molecule has 34 heavy (non-hydrogen) atoms. The first kappa shape index (κ1) is 23.2. The van der Waals surface area contributed by atoms with Crippen LogP contribution in [0.2, 0.25) is 0 Å². The summed E-state index contributed by atoms with van der Waals surface area (Å²) in [4.78, 5) is 31.7. The van der Waals surface area contributed by atoms with Gasteiger partial charge >= 0.3 is 0 Å². The molecular weight excluding hydrogens is 454 g/mol. The number of rotatable bonds is 8. The summed E-state index contributed by atoms with van der Waals surface area (Å²) in [5, 5.41) is 3.22. The minimum absolute atomic E-state index is 0.0970. The minimum Gasteiger partial charge on any atom is -0.493 e. The molecule has 2 heterocycles. The summed E-state index contributed by atoms with van der Waals surface area (Å²) in [5.41, 5.74) is 1.67. The Balaban J connectivity index is 1.55. The van der Waals surface area contributed by atoms with E-state index in [9.17, 15) is 9.59 Å². The molecule has 2 aromatic carbocycles. The molecule has 0 bridgehead atoms. The molecule has 0 saturated carbocycles. The normalized spacial score (nSPS) is 14.3. The SMILES string of the molecule is COc1ccc(/C=C2\N=C(SCC(=O)NCc3ccco3)N(c3ccccc3)C2=O)cc1OC. The number of amides is 2. The number of nitrogens with zero attached hydrogens (tertiary/aromatic N) is 2. The molecule has 174 valence electrons. The molecule has 0 fully saturated rings. The Bertz CT molecular complexity index is 1220. The topological polar surface area (TPSA) is 93.4 Å². The van der Waals surface area contributed by atoms with Crippen molar-refractivity contribution >= 4 is 40.5 Å². The quantitative estimate of drug-likeness (QED) is 0.491. The monoisotopic (exact) mass is 477 g/mol. The Kier molecular flexibility index (Phi) is 7.34. The van der Waals surface area contributed by atoms with Crippen molar-refractivity contribution in [3.05, 3.63) is 83.9 Å². The van der Waals surface area contributed by atoms with Gasteiger partial charge in [-0.15, -0.1) is 0 Å². The number of carbonyl (C=O) groups is 2. The Morgan fingerprint density at radius 2 is 1.88 bits per heavy atom. The fraction of sp³-hybridized carbons (Fsp3) is 0.160. The summed E-state index contributed by atoms with van der Waals surface area (Å²) >= 11 is 1.19. The zero-order chi connectivity index (χ0) is 23.9. The van der Waals surface area contributed by atoms with Crippen molar-refractivity contribution in [2.24, 2.45) is 4.99 Å². The average Bonchev–Trinajstić information content (AvgIpc) is 3.50. The highest BCUT2D eigenvalue weighted by Crippen LogP contribution is 2.32. The molecule has 4 rings (SSSR count). The maximum Gasteiger partial charge on any atom is 0.283 e. The van der Waals surface area contributed by atoms with Crippen LogP contribution < -0.4 is 19.7 Å². The van der Waals surface area contributed by atoms with Crippen LogP contribution in [0.25, 0.3) is 6.08 Å². The van der Waals surface area contributed by atoms with Crippen LogP contribution in [0.3, 0.4) is 0 Å². The molecule has 0 aliphatic carbocycles. The second-order valence-electron chi connectivity index (χ2n) is 7.16. The lowest BCUT2D eigenvalue weighted by Crippen LogP contribution is -2.32. The van der Waals surface area contributed by atoms with Crippen LogP contribution in [0.15, 0.2) is 82.0 Å². The number of hydrogen-bond acceptors (Lipinski definition) is 7. The zero-order valence-corrected chi connectivity index (χ0v) is 19.5. The van der Waals surface area contributed by atoms with Crippen molar-refractivity contribution in [2.45, 2.75) is 6.54 Å². The van der Waals surface area contributed by atoms with Crippen LogP contribution in [0, 0.1) is 0 Å². The molecule has 1 aliphatic heterocycles. The maximum atomic E-state index is 13.3. The first-order valence-electron chi connectivity index (χ1n) is 10.4. The number of anilines is 1. The number of carbonyl (C=O) groups excluding carboxylic acids is 2. The summed E-state index contributed by atoms with van der Waals surface area (Å²) in [6, 6.07) is 18.1. The number of nitrogens with one attached hydrogen (secondary N) is 1. The van der Waals surface area contributed by atoms with Crippen LogP contribution in [-0.2, 0) is 16.1 Å². The first-order valence-corrected chi connectivity index (χ1v) is 11.4. The van der Waals surface area contributed by atoms with Gasteiger partial charge in [0, 0.05) is 0 Å². The van der Waals surface area contributed by atoms with E-state index in [1.165, 1.54) is 16.7 Å². The first-order chi connectivity index (χ1) is 16.6. The van der Waals surface area contributed by atoms with E-state index in [0.29, 0.717) is 34.7 Å². The van der Waals surface area contributed by atoms with E-state index >= 15 is 0 Å². The van der Waals surface area contributed by atoms with Gasteiger partial charge in [-0.05, 0) is 48.0 Å². The smallest absolute Gasteiger partial charge is 0.283 e.